The number of aryl methyl sites for hydroxylation is 1. The van der Waals surface area contributed by atoms with Crippen LogP contribution in [0.25, 0.3) is 11.0 Å². The van der Waals surface area contributed by atoms with Gasteiger partial charge in [-0.3, -0.25) is 9.88 Å². The van der Waals surface area contributed by atoms with Gasteiger partial charge in [0.2, 0.25) is 5.95 Å². The van der Waals surface area contributed by atoms with Crippen LogP contribution in [0.5, 0.6) is 5.75 Å². The molecule has 3 aromatic rings. The molecule has 1 atom stereocenters. The average Bonchev–Trinajstić information content (AvgIpc) is 3.32. The molecule has 9 heteroatoms. The molecule has 1 saturated heterocycles. The fourth-order valence-electron chi connectivity index (χ4n) is 4.66. The molecule has 158 valence electrons. The minimum absolute atomic E-state index is 0.295. The van der Waals surface area contributed by atoms with Gasteiger partial charge in [0.1, 0.15) is 10.8 Å². The Hall–Kier alpha value is -2.39. The van der Waals surface area contributed by atoms with E-state index in [1.807, 2.05) is 24.7 Å². The Balaban J connectivity index is 1.57. The Kier molecular flexibility index (Phi) is 5.02. The first-order valence-corrected chi connectivity index (χ1v) is 11.4. The number of likely N-dealkylation sites (tertiary alicyclic amines) is 1. The van der Waals surface area contributed by atoms with Gasteiger partial charge in [-0.2, -0.15) is 10.1 Å². The van der Waals surface area contributed by atoms with E-state index in [-0.39, 0.29) is 0 Å². The van der Waals surface area contributed by atoms with E-state index < -0.39 is 0 Å². The fourth-order valence-corrected chi connectivity index (χ4v) is 5.85. The highest BCUT2D eigenvalue weighted by atomic mass is 32.2. The molecule has 5 rings (SSSR count). The molecule has 8 nitrogen and oxygen atoms in total. The van der Waals surface area contributed by atoms with Crippen molar-refractivity contribution in [2.45, 2.75) is 50.7 Å². The first-order valence-electron chi connectivity index (χ1n) is 10.4. The first-order chi connectivity index (χ1) is 14.5. The molecule has 0 bridgehead atoms. The smallest absolute Gasteiger partial charge is 0.223 e. The largest absolute Gasteiger partial charge is 0.496 e. The van der Waals surface area contributed by atoms with Crippen molar-refractivity contribution < 1.29 is 4.74 Å². The van der Waals surface area contributed by atoms with Gasteiger partial charge in [-0.15, -0.1) is 11.8 Å². The highest BCUT2D eigenvalue weighted by Crippen LogP contribution is 2.35. The van der Waals surface area contributed by atoms with Crippen molar-refractivity contribution in [3.63, 3.8) is 0 Å². The second kappa shape index (κ2) is 7.70. The summed E-state index contributed by atoms with van der Waals surface area (Å²) in [7, 11) is 1.70. The topological polar surface area (TPSA) is 95.0 Å². The fraction of sp³-hybridized carbons (Fsp3) is 0.524. The highest BCUT2D eigenvalue weighted by Gasteiger charge is 2.30. The van der Waals surface area contributed by atoms with E-state index in [1.165, 1.54) is 25.9 Å². The van der Waals surface area contributed by atoms with Crippen LogP contribution < -0.4 is 10.5 Å². The van der Waals surface area contributed by atoms with E-state index >= 15 is 0 Å². The van der Waals surface area contributed by atoms with Gasteiger partial charge in [-0.05, 0) is 39.8 Å². The summed E-state index contributed by atoms with van der Waals surface area (Å²) in [4.78, 5) is 16.4. The normalized spacial score (nSPS) is 19.4. The molecule has 3 aromatic heterocycles. The Morgan fingerprint density at radius 3 is 2.80 bits per heavy atom. The van der Waals surface area contributed by atoms with Gasteiger partial charge in [0.25, 0.3) is 0 Å². The number of nitrogens with two attached hydrogens (primary N) is 1. The van der Waals surface area contributed by atoms with E-state index in [2.05, 4.69) is 19.9 Å². The standard InChI is InChI=1S/C21H27N7OS/c1-12-9-23-16(13(2)18(12)29-3)10-28-19-17-15(26-28)8-14(27-6-4-5-7-27)11-30-20(17)25-21(22)24-19/h9,14H,4-8,10-11H2,1-3H3,(H2,22,24,25). The number of thioether (sulfide) groups is 1. The summed E-state index contributed by atoms with van der Waals surface area (Å²) < 4.78 is 7.51. The van der Waals surface area contributed by atoms with E-state index in [1.54, 1.807) is 18.9 Å². The molecule has 1 unspecified atom stereocenters. The molecule has 0 aromatic carbocycles. The van der Waals surface area contributed by atoms with Crippen LogP contribution in [0.3, 0.4) is 0 Å². The zero-order valence-corrected chi connectivity index (χ0v) is 18.5. The number of anilines is 1. The second-order valence-electron chi connectivity index (χ2n) is 8.15. The summed E-state index contributed by atoms with van der Waals surface area (Å²) in [6.45, 7) is 6.91. The summed E-state index contributed by atoms with van der Waals surface area (Å²) in [6, 6.07) is 0.471. The molecular weight excluding hydrogens is 398 g/mol. The molecule has 2 N–H and O–H groups in total. The number of hydrogen-bond donors (Lipinski definition) is 1. The van der Waals surface area contributed by atoms with Crippen LogP contribution in [-0.4, -0.2) is 61.6 Å². The van der Waals surface area contributed by atoms with Crippen molar-refractivity contribution in [1.82, 2.24) is 29.6 Å². The van der Waals surface area contributed by atoms with Crippen LogP contribution in [0.1, 0.15) is 35.4 Å². The predicted molar refractivity (Wildman–Crippen MR) is 118 cm³/mol. The van der Waals surface area contributed by atoms with E-state index in [9.17, 15) is 0 Å². The van der Waals surface area contributed by atoms with Gasteiger partial charge in [-0.1, -0.05) is 0 Å². The molecular formula is C21H27N7OS. The van der Waals surface area contributed by atoms with Crippen LogP contribution >= 0.6 is 11.8 Å². The maximum Gasteiger partial charge on any atom is 0.223 e. The van der Waals surface area contributed by atoms with Crippen molar-refractivity contribution in [2.24, 2.45) is 0 Å². The zero-order chi connectivity index (χ0) is 20.8. The van der Waals surface area contributed by atoms with Gasteiger partial charge < -0.3 is 10.5 Å². The lowest BCUT2D eigenvalue weighted by molar-refractivity contribution is 0.261. The SMILES string of the molecule is COc1c(C)cnc(Cn2nc3c4c(nc(N)nc42)SCC(N2CCCC2)C3)c1C. The summed E-state index contributed by atoms with van der Waals surface area (Å²) in [5.41, 5.74) is 10.9. The van der Waals surface area contributed by atoms with Gasteiger partial charge in [0.05, 0.1) is 30.4 Å². The van der Waals surface area contributed by atoms with E-state index in [4.69, 9.17) is 15.6 Å². The molecule has 1 fully saturated rings. The number of pyridine rings is 1. The lowest BCUT2D eigenvalue weighted by atomic mass is 10.1. The lowest BCUT2D eigenvalue weighted by Gasteiger charge is -2.25. The Labute approximate surface area is 180 Å². The Bertz CT molecular complexity index is 1110. The van der Waals surface area contributed by atoms with Gasteiger partial charge in [0, 0.05) is 35.5 Å². The van der Waals surface area contributed by atoms with Crippen LogP contribution in [0.15, 0.2) is 11.2 Å². The monoisotopic (exact) mass is 425 g/mol. The molecule has 0 spiro atoms. The maximum atomic E-state index is 6.08. The van der Waals surface area contributed by atoms with Crippen LogP contribution in [0.4, 0.5) is 5.95 Å². The lowest BCUT2D eigenvalue weighted by Crippen LogP contribution is -2.36. The quantitative estimate of drug-likeness (QED) is 0.638. The highest BCUT2D eigenvalue weighted by molar-refractivity contribution is 7.99. The molecule has 0 saturated carbocycles. The maximum absolute atomic E-state index is 6.08. The van der Waals surface area contributed by atoms with Gasteiger partial charge in [0.15, 0.2) is 5.65 Å². The molecule has 2 aliphatic rings. The van der Waals surface area contributed by atoms with Gasteiger partial charge in [-0.25, -0.2) is 9.67 Å². The minimum atomic E-state index is 0.295. The molecule has 0 radical (unpaired) electrons. The molecule has 0 amide bonds. The molecule has 0 aliphatic carbocycles. The number of aromatic nitrogens is 5. The second-order valence-corrected chi connectivity index (χ2v) is 9.16. The zero-order valence-electron chi connectivity index (χ0n) is 17.7. The number of hydrogen-bond acceptors (Lipinski definition) is 8. The average molecular weight is 426 g/mol. The van der Waals surface area contributed by atoms with Crippen LogP contribution in [-0.2, 0) is 13.0 Å². The third kappa shape index (κ3) is 3.30. The van der Waals surface area contributed by atoms with Crippen molar-refractivity contribution >= 4 is 28.7 Å². The van der Waals surface area contributed by atoms with Crippen molar-refractivity contribution in [1.29, 1.82) is 0 Å². The first kappa shape index (κ1) is 19.6. The summed E-state index contributed by atoms with van der Waals surface area (Å²) in [5.74, 6) is 2.18. The number of rotatable bonds is 4. The van der Waals surface area contributed by atoms with Crippen molar-refractivity contribution in [3.8, 4) is 5.75 Å². The van der Waals surface area contributed by atoms with Gasteiger partial charge >= 0.3 is 0 Å². The van der Waals surface area contributed by atoms with Crippen molar-refractivity contribution in [2.75, 3.05) is 31.7 Å². The van der Waals surface area contributed by atoms with E-state index in [0.29, 0.717) is 18.5 Å². The Morgan fingerprint density at radius 1 is 1.23 bits per heavy atom. The third-order valence-corrected chi connectivity index (χ3v) is 7.32. The number of methoxy groups -OCH3 is 1. The number of nitrogens with zero attached hydrogens (tertiary/aromatic N) is 6. The summed E-state index contributed by atoms with van der Waals surface area (Å²) >= 11 is 1.78. The molecule has 30 heavy (non-hydrogen) atoms. The predicted octanol–water partition coefficient (Wildman–Crippen LogP) is 2.59. The van der Waals surface area contributed by atoms with Crippen molar-refractivity contribution in [3.05, 3.63) is 28.7 Å². The summed E-state index contributed by atoms with van der Waals surface area (Å²) in [6.07, 6.45) is 5.33. The molecule has 2 aliphatic heterocycles. The number of nitrogen functional groups attached to an aromatic ring is 1. The van der Waals surface area contributed by atoms with E-state index in [0.717, 1.165) is 56.5 Å². The molecule has 5 heterocycles. The Morgan fingerprint density at radius 2 is 2.03 bits per heavy atom. The van der Waals surface area contributed by atoms with Crippen LogP contribution in [0.2, 0.25) is 0 Å². The van der Waals surface area contributed by atoms with Crippen LogP contribution in [0, 0.1) is 13.8 Å². The minimum Gasteiger partial charge on any atom is -0.496 e. The summed E-state index contributed by atoms with van der Waals surface area (Å²) in [5, 5.41) is 6.99. The number of ether oxygens (including phenoxy) is 1. The third-order valence-electron chi connectivity index (χ3n) is 6.20.